The first-order valence-corrected chi connectivity index (χ1v) is 5.35. The molecule has 3 N–H and O–H groups in total. The van der Waals surface area contributed by atoms with E-state index in [1.807, 2.05) is 13.8 Å². The lowest BCUT2D eigenvalue weighted by molar-refractivity contribution is -0.159. The van der Waals surface area contributed by atoms with Gasteiger partial charge in [0.15, 0.2) is 0 Å². The Morgan fingerprint density at radius 2 is 1.94 bits per heavy atom. The number of nitrogens with zero attached hydrogens (tertiary/aromatic N) is 1. The first-order chi connectivity index (χ1) is 7.64. The second-order valence-electron chi connectivity index (χ2n) is 4.23. The smallest absolute Gasteiger partial charge is 0.387 e. The van der Waals surface area contributed by atoms with E-state index in [2.05, 4.69) is 0 Å². The fourth-order valence-electron chi connectivity index (χ4n) is 1.23. The lowest BCUT2D eigenvalue weighted by atomic mass is 10.1. The third-order valence-corrected chi connectivity index (χ3v) is 2.19. The van der Waals surface area contributed by atoms with E-state index in [0.717, 1.165) is 0 Å². The van der Waals surface area contributed by atoms with Gasteiger partial charge in [0.1, 0.15) is 11.8 Å². The molecule has 17 heavy (non-hydrogen) atoms. The molecule has 0 aliphatic heterocycles. The fraction of sp³-hybridized carbons (Fsp3) is 0.900. The topological polar surface area (TPSA) is 62.3 Å². The number of amidine groups is 1. The van der Waals surface area contributed by atoms with Crippen LogP contribution in [0.2, 0.25) is 0 Å². The van der Waals surface area contributed by atoms with E-state index in [0.29, 0.717) is 13.2 Å². The lowest BCUT2D eigenvalue weighted by Gasteiger charge is -2.25. The second kappa shape index (κ2) is 6.80. The normalized spacial score (nSPS) is 14.4. The Morgan fingerprint density at radius 3 is 2.29 bits per heavy atom. The summed E-state index contributed by atoms with van der Waals surface area (Å²) in [6.45, 7) is 4.12. The van der Waals surface area contributed by atoms with Crippen LogP contribution in [0.25, 0.3) is 0 Å². The van der Waals surface area contributed by atoms with Gasteiger partial charge in [-0.05, 0) is 20.9 Å². The first-order valence-electron chi connectivity index (χ1n) is 5.35. The van der Waals surface area contributed by atoms with Crippen LogP contribution in [0.1, 0.15) is 13.8 Å². The maximum absolute atomic E-state index is 12.5. The summed E-state index contributed by atoms with van der Waals surface area (Å²) in [5.74, 6) is -2.76. The van der Waals surface area contributed by atoms with Crippen LogP contribution in [0, 0.1) is 11.3 Å². The van der Waals surface area contributed by atoms with Gasteiger partial charge in [-0.1, -0.05) is 0 Å². The van der Waals surface area contributed by atoms with Crippen LogP contribution in [-0.4, -0.2) is 49.8 Å². The first kappa shape index (κ1) is 16.2. The molecule has 0 saturated heterocycles. The van der Waals surface area contributed by atoms with Crippen molar-refractivity contribution in [2.45, 2.75) is 26.1 Å². The van der Waals surface area contributed by atoms with Gasteiger partial charge >= 0.3 is 6.18 Å². The molecule has 1 unspecified atom stereocenters. The van der Waals surface area contributed by atoms with Gasteiger partial charge in [0.2, 0.25) is 0 Å². The molecule has 0 saturated carbocycles. The Labute approximate surface area is 99.4 Å². The molecule has 102 valence electrons. The summed E-state index contributed by atoms with van der Waals surface area (Å²) < 4.78 is 42.7. The number of likely N-dealkylation sites (N-methyl/N-ethyl adjacent to an activating group) is 1. The molecule has 0 spiro atoms. The van der Waals surface area contributed by atoms with Gasteiger partial charge in [-0.15, -0.1) is 0 Å². The van der Waals surface area contributed by atoms with Crippen LogP contribution in [-0.2, 0) is 4.74 Å². The molecule has 0 aliphatic carbocycles. The monoisotopic (exact) mass is 255 g/mol. The number of hydrogen-bond donors (Lipinski definition) is 2. The van der Waals surface area contributed by atoms with Crippen molar-refractivity contribution in [3.05, 3.63) is 0 Å². The quantitative estimate of drug-likeness (QED) is 0.534. The Bertz CT molecular complexity index is 243. The molecule has 1 atom stereocenters. The van der Waals surface area contributed by atoms with Gasteiger partial charge in [0.25, 0.3) is 0 Å². The molecule has 4 nitrogen and oxygen atoms in total. The summed E-state index contributed by atoms with van der Waals surface area (Å²) in [6.07, 6.45) is -4.42. The van der Waals surface area contributed by atoms with Crippen molar-refractivity contribution < 1.29 is 17.9 Å². The van der Waals surface area contributed by atoms with Crippen LogP contribution >= 0.6 is 0 Å². The van der Waals surface area contributed by atoms with Crippen LogP contribution < -0.4 is 5.73 Å². The average molecular weight is 255 g/mol. The maximum Gasteiger partial charge on any atom is 0.399 e. The van der Waals surface area contributed by atoms with Crippen molar-refractivity contribution in [1.29, 1.82) is 5.41 Å². The molecule has 0 aromatic carbocycles. The molecule has 0 fully saturated rings. The molecule has 0 aromatic rings. The van der Waals surface area contributed by atoms with E-state index in [1.165, 1.54) is 4.90 Å². The molecular formula is C10H20F3N3O. The summed E-state index contributed by atoms with van der Waals surface area (Å²) in [5.41, 5.74) is 4.95. The van der Waals surface area contributed by atoms with E-state index in [-0.39, 0.29) is 12.6 Å². The van der Waals surface area contributed by atoms with Gasteiger partial charge in [0, 0.05) is 13.1 Å². The van der Waals surface area contributed by atoms with Gasteiger partial charge in [-0.3, -0.25) is 5.41 Å². The van der Waals surface area contributed by atoms with Gasteiger partial charge < -0.3 is 15.4 Å². The van der Waals surface area contributed by atoms with E-state index in [9.17, 15) is 13.2 Å². The highest BCUT2D eigenvalue weighted by molar-refractivity contribution is 5.80. The standard InChI is InChI=1S/C10H20F3N3O/c1-7(2)17-5-4-16(3)6-8(9(14)15)10(11,12)13/h7-8H,4-6H2,1-3H3,(H3,14,15). The second-order valence-corrected chi connectivity index (χ2v) is 4.23. The fourth-order valence-corrected chi connectivity index (χ4v) is 1.23. The van der Waals surface area contributed by atoms with E-state index in [1.54, 1.807) is 7.05 Å². The number of nitrogens with one attached hydrogen (secondary N) is 1. The summed E-state index contributed by atoms with van der Waals surface area (Å²) in [7, 11) is 1.55. The van der Waals surface area contributed by atoms with E-state index < -0.39 is 17.9 Å². The number of hydrogen-bond acceptors (Lipinski definition) is 3. The van der Waals surface area contributed by atoms with E-state index >= 15 is 0 Å². The minimum atomic E-state index is -4.47. The zero-order valence-corrected chi connectivity index (χ0v) is 10.3. The minimum Gasteiger partial charge on any atom is -0.387 e. The summed E-state index contributed by atoms with van der Waals surface area (Å²) >= 11 is 0. The van der Waals surface area contributed by atoms with Gasteiger partial charge in [-0.2, -0.15) is 13.2 Å². The highest BCUT2D eigenvalue weighted by Crippen LogP contribution is 2.26. The Kier molecular flexibility index (Phi) is 6.48. The summed E-state index contributed by atoms with van der Waals surface area (Å²) in [5, 5.41) is 6.95. The SMILES string of the molecule is CC(C)OCCN(C)CC(C(=N)N)C(F)(F)F. The van der Waals surface area contributed by atoms with Gasteiger partial charge in [-0.25, -0.2) is 0 Å². The highest BCUT2D eigenvalue weighted by Gasteiger charge is 2.42. The Hall–Kier alpha value is -0.820. The molecule has 7 heteroatoms. The largest absolute Gasteiger partial charge is 0.399 e. The Balaban J connectivity index is 4.14. The van der Waals surface area contributed by atoms with Crippen LogP contribution in [0.5, 0.6) is 0 Å². The predicted molar refractivity (Wildman–Crippen MR) is 60.0 cm³/mol. The van der Waals surface area contributed by atoms with Crippen molar-refractivity contribution in [1.82, 2.24) is 4.90 Å². The average Bonchev–Trinajstić information content (AvgIpc) is 2.11. The molecule has 0 radical (unpaired) electrons. The Morgan fingerprint density at radius 1 is 1.41 bits per heavy atom. The van der Waals surface area contributed by atoms with Crippen LogP contribution in [0.3, 0.4) is 0 Å². The van der Waals surface area contributed by atoms with E-state index in [4.69, 9.17) is 15.9 Å². The number of ether oxygens (including phenoxy) is 1. The number of halogens is 3. The molecule has 0 heterocycles. The minimum absolute atomic E-state index is 0.0506. The van der Waals surface area contributed by atoms with Crippen LogP contribution in [0.4, 0.5) is 13.2 Å². The zero-order chi connectivity index (χ0) is 13.6. The van der Waals surface area contributed by atoms with Crippen molar-refractivity contribution in [3.8, 4) is 0 Å². The van der Waals surface area contributed by atoms with Crippen molar-refractivity contribution >= 4 is 5.84 Å². The molecule has 0 aromatic heterocycles. The third-order valence-electron chi connectivity index (χ3n) is 2.19. The van der Waals surface area contributed by atoms with Crippen molar-refractivity contribution in [2.75, 3.05) is 26.7 Å². The molecule has 0 amide bonds. The summed E-state index contributed by atoms with van der Waals surface area (Å²) in [6, 6.07) is 0. The van der Waals surface area contributed by atoms with Gasteiger partial charge in [0.05, 0.1) is 12.7 Å². The highest BCUT2D eigenvalue weighted by atomic mass is 19.4. The number of rotatable bonds is 7. The third kappa shape index (κ3) is 7.17. The lowest BCUT2D eigenvalue weighted by Crippen LogP contribution is -2.43. The summed E-state index contributed by atoms with van der Waals surface area (Å²) in [4.78, 5) is 1.46. The molecule has 0 aliphatic rings. The van der Waals surface area contributed by atoms with Crippen molar-refractivity contribution in [2.24, 2.45) is 11.7 Å². The predicted octanol–water partition coefficient (Wildman–Crippen LogP) is 1.46. The van der Waals surface area contributed by atoms with Crippen LogP contribution in [0.15, 0.2) is 0 Å². The number of nitrogens with two attached hydrogens (primary N) is 1. The maximum atomic E-state index is 12.5. The number of alkyl halides is 3. The zero-order valence-electron chi connectivity index (χ0n) is 10.3. The molecule has 0 bridgehead atoms. The van der Waals surface area contributed by atoms with Crippen molar-refractivity contribution in [3.63, 3.8) is 0 Å². The molecule has 0 rings (SSSR count). The molecular weight excluding hydrogens is 235 g/mol.